The molecule has 1 aromatic rings. The number of hydrogen-bond donors (Lipinski definition) is 3. The molecular formula is C12H18N2O2S. The predicted molar refractivity (Wildman–Crippen MR) is 70.2 cm³/mol. The number of carboxylic acids is 1. The lowest BCUT2D eigenvalue weighted by Gasteiger charge is -2.08. The smallest absolute Gasteiger partial charge is 0.321 e. The predicted octanol–water partition coefficient (Wildman–Crippen LogP) is 1.30. The first-order valence-corrected chi connectivity index (χ1v) is 6.53. The number of aliphatic carboxylic acids is 1. The highest BCUT2D eigenvalue weighted by molar-refractivity contribution is 7.99. The molecule has 1 rings (SSSR count). The summed E-state index contributed by atoms with van der Waals surface area (Å²) in [7, 11) is 0. The first kappa shape index (κ1) is 14.0. The number of hydrogen-bond acceptors (Lipinski definition) is 4. The quantitative estimate of drug-likeness (QED) is 0.639. The van der Waals surface area contributed by atoms with E-state index in [1.807, 2.05) is 12.1 Å². The molecule has 0 amide bonds. The van der Waals surface area contributed by atoms with Gasteiger partial charge in [-0.25, -0.2) is 0 Å². The molecule has 1 atom stereocenters. The Bertz CT molecular complexity index is 354. The number of carbonyl (C=O) groups is 1. The van der Waals surface area contributed by atoms with E-state index in [0.29, 0.717) is 6.54 Å². The van der Waals surface area contributed by atoms with E-state index in [-0.39, 0.29) is 6.54 Å². The Morgan fingerprint density at radius 1 is 1.47 bits per heavy atom. The van der Waals surface area contributed by atoms with E-state index in [1.54, 1.807) is 11.8 Å². The molecule has 0 saturated carbocycles. The summed E-state index contributed by atoms with van der Waals surface area (Å²) < 4.78 is 0. The van der Waals surface area contributed by atoms with Crippen LogP contribution in [0.25, 0.3) is 0 Å². The molecule has 0 aliphatic carbocycles. The van der Waals surface area contributed by atoms with Crippen molar-refractivity contribution in [3.05, 3.63) is 29.8 Å². The Labute approximate surface area is 106 Å². The standard InChI is InChI=1S/C12H18N2O2S/c1-2-17-10-5-3-9(4-6-10)7-14-8-11(13)12(15)16/h3-6,11,14H,2,7-8,13H2,1H3,(H,15,16). The lowest BCUT2D eigenvalue weighted by atomic mass is 10.2. The number of nitrogens with one attached hydrogen (secondary N) is 1. The van der Waals surface area contributed by atoms with E-state index >= 15 is 0 Å². The SMILES string of the molecule is CCSc1ccc(CNCC(N)C(=O)O)cc1. The van der Waals surface area contributed by atoms with Crippen LogP contribution in [0, 0.1) is 0 Å². The van der Waals surface area contributed by atoms with E-state index < -0.39 is 12.0 Å². The molecule has 4 N–H and O–H groups in total. The average Bonchev–Trinajstić information content (AvgIpc) is 2.31. The highest BCUT2D eigenvalue weighted by atomic mass is 32.2. The zero-order valence-electron chi connectivity index (χ0n) is 9.85. The Balaban J connectivity index is 2.34. The van der Waals surface area contributed by atoms with Crippen LogP contribution in [0.5, 0.6) is 0 Å². The molecule has 1 unspecified atom stereocenters. The van der Waals surface area contributed by atoms with Crippen LogP contribution in [-0.4, -0.2) is 29.4 Å². The van der Waals surface area contributed by atoms with E-state index in [2.05, 4.69) is 24.4 Å². The Morgan fingerprint density at radius 2 is 2.12 bits per heavy atom. The van der Waals surface area contributed by atoms with E-state index in [1.165, 1.54) is 4.90 Å². The lowest BCUT2D eigenvalue weighted by molar-refractivity contribution is -0.138. The van der Waals surface area contributed by atoms with Gasteiger partial charge in [0.25, 0.3) is 0 Å². The molecule has 0 bridgehead atoms. The molecule has 0 saturated heterocycles. The second kappa shape index (κ2) is 7.32. The average molecular weight is 254 g/mol. The number of thioether (sulfide) groups is 1. The van der Waals surface area contributed by atoms with Gasteiger partial charge >= 0.3 is 5.97 Å². The molecule has 0 spiro atoms. The van der Waals surface area contributed by atoms with Crippen LogP contribution in [-0.2, 0) is 11.3 Å². The second-order valence-corrected chi connectivity index (χ2v) is 4.99. The van der Waals surface area contributed by atoms with E-state index in [0.717, 1.165) is 11.3 Å². The van der Waals surface area contributed by atoms with Gasteiger partial charge in [0.05, 0.1) is 0 Å². The van der Waals surface area contributed by atoms with Crippen molar-refractivity contribution in [2.24, 2.45) is 5.73 Å². The highest BCUT2D eigenvalue weighted by Crippen LogP contribution is 2.17. The third-order valence-corrected chi connectivity index (χ3v) is 3.14. The lowest BCUT2D eigenvalue weighted by Crippen LogP contribution is -2.40. The van der Waals surface area contributed by atoms with Gasteiger partial charge in [-0.15, -0.1) is 11.8 Å². The third-order valence-electron chi connectivity index (χ3n) is 2.24. The summed E-state index contributed by atoms with van der Waals surface area (Å²) in [6.07, 6.45) is 0. The largest absolute Gasteiger partial charge is 0.480 e. The van der Waals surface area contributed by atoms with Gasteiger partial charge in [0.15, 0.2) is 0 Å². The number of nitrogens with two attached hydrogens (primary N) is 1. The maximum absolute atomic E-state index is 10.5. The normalized spacial score (nSPS) is 12.4. The maximum atomic E-state index is 10.5. The molecule has 0 aromatic heterocycles. The van der Waals surface area contributed by atoms with Crippen molar-refractivity contribution in [3.63, 3.8) is 0 Å². The van der Waals surface area contributed by atoms with Crippen molar-refractivity contribution in [2.75, 3.05) is 12.3 Å². The first-order valence-electron chi connectivity index (χ1n) is 5.54. The fraction of sp³-hybridized carbons (Fsp3) is 0.417. The van der Waals surface area contributed by atoms with Crippen LogP contribution in [0.15, 0.2) is 29.2 Å². The number of benzene rings is 1. The van der Waals surface area contributed by atoms with Crippen LogP contribution in [0.2, 0.25) is 0 Å². The summed E-state index contributed by atoms with van der Waals surface area (Å²) in [6, 6.07) is 7.38. The Hall–Kier alpha value is -1.04. The minimum atomic E-state index is -0.979. The summed E-state index contributed by atoms with van der Waals surface area (Å²) in [6.45, 7) is 3.03. The Morgan fingerprint density at radius 3 is 2.65 bits per heavy atom. The molecular weight excluding hydrogens is 236 g/mol. The zero-order valence-corrected chi connectivity index (χ0v) is 10.7. The highest BCUT2D eigenvalue weighted by Gasteiger charge is 2.09. The Kier molecular flexibility index (Phi) is 6.04. The molecule has 4 nitrogen and oxygen atoms in total. The van der Waals surface area contributed by atoms with Gasteiger partial charge in [-0.05, 0) is 23.4 Å². The van der Waals surface area contributed by atoms with Crippen LogP contribution < -0.4 is 11.1 Å². The first-order chi connectivity index (χ1) is 8.13. The van der Waals surface area contributed by atoms with Crippen molar-refractivity contribution in [1.29, 1.82) is 0 Å². The van der Waals surface area contributed by atoms with Gasteiger partial charge in [0, 0.05) is 18.0 Å². The van der Waals surface area contributed by atoms with Crippen molar-refractivity contribution in [2.45, 2.75) is 24.4 Å². The fourth-order valence-electron chi connectivity index (χ4n) is 1.33. The fourth-order valence-corrected chi connectivity index (χ4v) is 1.99. The van der Waals surface area contributed by atoms with Crippen molar-refractivity contribution >= 4 is 17.7 Å². The molecule has 0 fully saturated rings. The summed E-state index contributed by atoms with van der Waals surface area (Å²) in [5.74, 6) is 0.0811. The van der Waals surface area contributed by atoms with Gasteiger partial charge in [0.1, 0.15) is 6.04 Å². The number of rotatable bonds is 7. The molecule has 5 heteroatoms. The van der Waals surface area contributed by atoms with Crippen LogP contribution in [0.1, 0.15) is 12.5 Å². The second-order valence-electron chi connectivity index (χ2n) is 3.65. The molecule has 0 aliphatic rings. The van der Waals surface area contributed by atoms with Gasteiger partial charge in [-0.3, -0.25) is 4.79 Å². The van der Waals surface area contributed by atoms with E-state index in [9.17, 15) is 4.79 Å². The molecule has 94 valence electrons. The monoisotopic (exact) mass is 254 g/mol. The number of carboxylic acid groups (broad SMARTS) is 1. The summed E-state index contributed by atoms with van der Waals surface area (Å²) >= 11 is 1.80. The minimum absolute atomic E-state index is 0.279. The van der Waals surface area contributed by atoms with Crippen molar-refractivity contribution in [3.8, 4) is 0 Å². The molecule has 1 aromatic carbocycles. The van der Waals surface area contributed by atoms with Gasteiger partial charge < -0.3 is 16.2 Å². The molecule has 17 heavy (non-hydrogen) atoms. The van der Waals surface area contributed by atoms with Crippen LogP contribution in [0.3, 0.4) is 0 Å². The van der Waals surface area contributed by atoms with Gasteiger partial charge in [0.2, 0.25) is 0 Å². The van der Waals surface area contributed by atoms with E-state index in [4.69, 9.17) is 10.8 Å². The van der Waals surface area contributed by atoms with Crippen molar-refractivity contribution < 1.29 is 9.90 Å². The van der Waals surface area contributed by atoms with Crippen LogP contribution in [0.4, 0.5) is 0 Å². The van der Waals surface area contributed by atoms with Crippen molar-refractivity contribution in [1.82, 2.24) is 5.32 Å². The summed E-state index contributed by atoms with van der Waals surface area (Å²) in [5, 5.41) is 11.6. The summed E-state index contributed by atoms with van der Waals surface area (Å²) in [4.78, 5) is 11.7. The molecule has 0 heterocycles. The van der Waals surface area contributed by atoms with Crippen LogP contribution >= 0.6 is 11.8 Å². The minimum Gasteiger partial charge on any atom is -0.480 e. The summed E-state index contributed by atoms with van der Waals surface area (Å²) in [5.41, 5.74) is 6.51. The molecule has 0 aliphatic heterocycles. The van der Waals surface area contributed by atoms with Gasteiger partial charge in [-0.2, -0.15) is 0 Å². The zero-order chi connectivity index (χ0) is 12.7. The third kappa shape index (κ3) is 5.21. The molecule has 0 radical (unpaired) electrons. The van der Waals surface area contributed by atoms with Gasteiger partial charge in [-0.1, -0.05) is 19.1 Å². The topological polar surface area (TPSA) is 75.3 Å². The maximum Gasteiger partial charge on any atom is 0.321 e.